The van der Waals surface area contributed by atoms with Gasteiger partial charge in [-0.15, -0.1) is 0 Å². The third-order valence-corrected chi connectivity index (χ3v) is 4.84. The lowest BCUT2D eigenvalue weighted by Gasteiger charge is -2.40. The zero-order valence-corrected chi connectivity index (χ0v) is 12.5. The third kappa shape index (κ3) is 3.14. The topological polar surface area (TPSA) is 56.5 Å². The van der Waals surface area contributed by atoms with Gasteiger partial charge in [0.05, 0.1) is 24.9 Å². The molecule has 1 aromatic rings. The van der Waals surface area contributed by atoms with Crippen molar-refractivity contribution in [2.24, 2.45) is 5.92 Å². The summed E-state index contributed by atoms with van der Waals surface area (Å²) < 4.78 is 19.0. The fourth-order valence-corrected chi connectivity index (χ4v) is 3.66. The summed E-state index contributed by atoms with van der Waals surface area (Å²) in [6.07, 6.45) is 2.70. The first-order valence-corrected chi connectivity index (χ1v) is 7.87. The Kier molecular flexibility index (Phi) is 4.72. The van der Waals surface area contributed by atoms with Crippen molar-refractivity contribution in [3.63, 3.8) is 0 Å². The number of ether oxygens (including phenoxy) is 1. The van der Waals surface area contributed by atoms with Crippen LogP contribution in [0.5, 0.6) is 0 Å². The molecule has 5 heteroatoms. The van der Waals surface area contributed by atoms with Gasteiger partial charge in [-0.1, -0.05) is 12.5 Å². The van der Waals surface area contributed by atoms with Crippen molar-refractivity contribution >= 4 is 0 Å². The molecule has 2 fully saturated rings. The van der Waals surface area contributed by atoms with Crippen molar-refractivity contribution in [3.05, 3.63) is 35.1 Å². The lowest BCUT2D eigenvalue weighted by molar-refractivity contribution is -0.0536. The Bertz CT molecular complexity index is 572. The van der Waals surface area contributed by atoms with Gasteiger partial charge in [-0.05, 0) is 30.5 Å². The van der Waals surface area contributed by atoms with E-state index in [9.17, 15) is 9.50 Å². The summed E-state index contributed by atoms with van der Waals surface area (Å²) in [7, 11) is 0. The number of benzene rings is 1. The predicted octanol–water partition coefficient (Wildman–Crippen LogP) is 2.06. The average Bonchev–Trinajstić information content (AvgIpc) is 2.96. The van der Waals surface area contributed by atoms with E-state index >= 15 is 0 Å². The smallest absolute Gasteiger partial charge is 0.140 e. The molecule has 0 amide bonds. The van der Waals surface area contributed by atoms with Crippen LogP contribution in [0.3, 0.4) is 0 Å². The molecule has 1 aliphatic carbocycles. The Morgan fingerprint density at radius 2 is 2.27 bits per heavy atom. The van der Waals surface area contributed by atoms with Crippen molar-refractivity contribution in [2.75, 3.05) is 19.8 Å². The van der Waals surface area contributed by atoms with Crippen molar-refractivity contribution in [3.8, 4) is 6.07 Å². The van der Waals surface area contributed by atoms with Gasteiger partial charge < -0.3 is 9.84 Å². The highest BCUT2D eigenvalue weighted by atomic mass is 19.1. The van der Waals surface area contributed by atoms with E-state index in [1.54, 1.807) is 12.1 Å². The van der Waals surface area contributed by atoms with Gasteiger partial charge in [0.15, 0.2) is 0 Å². The fourth-order valence-electron chi connectivity index (χ4n) is 3.66. The standard InChI is InChI=1S/C17H21FN2O2/c18-15-5-4-12(8-13(15)9-19)10-20-6-7-22-11-16(20)14-2-1-3-17(14)21/h4-5,8,14,16-17,21H,1-3,6-7,10-11H2/t14-,16+,17-/m0/s1. The van der Waals surface area contributed by atoms with Gasteiger partial charge in [-0.2, -0.15) is 5.26 Å². The number of morpholine rings is 1. The minimum atomic E-state index is -0.476. The zero-order valence-electron chi connectivity index (χ0n) is 12.5. The van der Waals surface area contributed by atoms with Crippen LogP contribution in [0, 0.1) is 23.1 Å². The highest BCUT2D eigenvalue weighted by Crippen LogP contribution is 2.32. The second kappa shape index (κ2) is 6.74. The molecule has 1 heterocycles. The molecule has 3 atom stereocenters. The molecule has 3 rings (SSSR count). The molecule has 0 spiro atoms. The van der Waals surface area contributed by atoms with E-state index in [0.29, 0.717) is 19.8 Å². The summed E-state index contributed by atoms with van der Waals surface area (Å²) in [6.45, 7) is 2.76. The number of hydrogen-bond donors (Lipinski definition) is 1. The first-order valence-electron chi connectivity index (χ1n) is 7.87. The molecule has 0 aromatic heterocycles. The summed E-state index contributed by atoms with van der Waals surface area (Å²) in [4.78, 5) is 2.30. The van der Waals surface area contributed by atoms with Crippen LogP contribution in [0.15, 0.2) is 18.2 Å². The van der Waals surface area contributed by atoms with Crippen LogP contribution in [0.1, 0.15) is 30.4 Å². The van der Waals surface area contributed by atoms with Crippen molar-refractivity contribution < 1.29 is 14.2 Å². The number of halogens is 1. The van der Waals surface area contributed by atoms with Gasteiger partial charge in [0.1, 0.15) is 11.9 Å². The van der Waals surface area contributed by atoms with E-state index in [0.717, 1.165) is 31.4 Å². The molecule has 1 saturated heterocycles. The molecule has 1 saturated carbocycles. The monoisotopic (exact) mass is 304 g/mol. The largest absolute Gasteiger partial charge is 0.393 e. The number of nitriles is 1. The van der Waals surface area contributed by atoms with Crippen molar-refractivity contribution in [2.45, 2.75) is 38.0 Å². The number of hydrogen-bond acceptors (Lipinski definition) is 4. The van der Waals surface area contributed by atoms with Gasteiger partial charge in [-0.25, -0.2) is 4.39 Å². The molecule has 1 aliphatic heterocycles. The maximum atomic E-state index is 13.4. The van der Waals surface area contributed by atoms with E-state index in [4.69, 9.17) is 10.00 Å². The second-order valence-corrected chi connectivity index (χ2v) is 6.20. The minimum Gasteiger partial charge on any atom is -0.393 e. The molecular weight excluding hydrogens is 283 g/mol. The van der Waals surface area contributed by atoms with E-state index in [2.05, 4.69) is 4.90 Å². The van der Waals surface area contributed by atoms with Crippen LogP contribution < -0.4 is 0 Å². The number of rotatable bonds is 3. The third-order valence-electron chi connectivity index (χ3n) is 4.84. The van der Waals surface area contributed by atoms with E-state index in [1.165, 1.54) is 6.07 Å². The number of nitrogens with zero attached hydrogens (tertiary/aromatic N) is 2. The Balaban J connectivity index is 1.75. The van der Waals surface area contributed by atoms with Crippen LogP contribution in [0.4, 0.5) is 4.39 Å². The fraction of sp³-hybridized carbons (Fsp3) is 0.588. The van der Waals surface area contributed by atoms with Gasteiger partial charge in [-0.3, -0.25) is 4.90 Å². The minimum absolute atomic E-state index is 0.0863. The molecule has 0 bridgehead atoms. The summed E-state index contributed by atoms with van der Waals surface area (Å²) in [6, 6.07) is 6.79. The van der Waals surface area contributed by atoms with E-state index in [-0.39, 0.29) is 23.6 Å². The van der Waals surface area contributed by atoms with E-state index < -0.39 is 5.82 Å². The molecule has 22 heavy (non-hydrogen) atoms. The average molecular weight is 304 g/mol. The SMILES string of the molecule is N#Cc1cc(CN2CCOC[C@@H]2[C@@H]2CCC[C@@H]2O)ccc1F. The van der Waals surface area contributed by atoms with Gasteiger partial charge in [0.2, 0.25) is 0 Å². The molecular formula is C17H21FN2O2. The molecule has 0 radical (unpaired) electrons. The van der Waals surface area contributed by atoms with E-state index in [1.807, 2.05) is 6.07 Å². The maximum absolute atomic E-state index is 13.4. The molecule has 4 nitrogen and oxygen atoms in total. The maximum Gasteiger partial charge on any atom is 0.140 e. The van der Waals surface area contributed by atoms with Crippen LogP contribution >= 0.6 is 0 Å². The Labute approximate surface area is 130 Å². The molecule has 2 aliphatic rings. The number of aliphatic hydroxyl groups is 1. The van der Waals surface area contributed by atoms with Gasteiger partial charge in [0.25, 0.3) is 0 Å². The Hall–Kier alpha value is -1.48. The second-order valence-electron chi connectivity index (χ2n) is 6.20. The summed E-state index contributed by atoms with van der Waals surface area (Å²) >= 11 is 0. The number of aliphatic hydroxyl groups excluding tert-OH is 1. The first kappa shape index (κ1) is 15.4. The zero-order chi connectivity index (χ0) is 15.5. The first-order chi connectivity index (χ1) is 10.7. The Morgan fingerprint density at radius 3 is 3.00 bits per heavy atom. The normalized spacial score (nSPS) is 29.4. The van der Waals surface area contributed by atoms with Crippen molar-refractivity contribution in [1.82, 2.24) is 4.90 Å². The van der Waals surface area contributed by atoms with Gasteiger partial charge >= 0.3 is 0 Å². The predicted molar refractivity (Wildman–Crippen MR) is 79.5 cm³/mol. The van der Waals surface area contributed by atoms with Crippen LogP contribution in [-0.4, -0.2) is 41.9 Å². The lowest BCUT2D eigenvalue weighted by atomic mass is 9.94. The van der Waals surface area contributed by atoms with Gasteiger partial charge in [0, 0.05) is 25.0 Å². The quantitative estimate of drug-likeness (QED) is 0.928. The molecule has 118 valence electrons. The summed E-state index contributed by atoms with van der Waals surface area (Å²) in [5.41, 5.74) is 1.01. The molecule has 1 N–H and O–H groups in total. The van der Waals surface area contributed by atoms with Crippen LogP contribution in [0.2, 0.25) is 0 Å². The van der Waals surface area contributed by atoms with Crippen LogP contribution in [0.25, 0.3) is 0 Å². The highest BCUT2D eigenvalue weighted by Gasteiger charge is 2.37. The van der Waals surface area contributed by atoms with Crippen LogP contribution in [-0.2, 0) is 11.3 Å². The Morgan fingerprint density at radius 1 is 1.41 bits per heavy atom. The molecule has 0 unspecified atom stereocenters. The summed E-state index contributed by atoms with van der Waals surface area (Å²) in [5.74, 6) is -0.229. The van der Waals surface area contributed by atoms with Crippen molar-refractivity contribution in [1.29, 1.82) is 5.26 Å². The lowest BCUT2D eigenvalue weighted by Crippen LogP contribution is -2.50. The highest BCUT2D eigenvalue weighted by molar-refractivity contribution is 5.34. The molecule has 1 aromatic carbocycles. The summed E-state index contributed by atoms with van der Waals surface area (Å²) in [5, 5.41) is 19.1.